The van der Waals surface area contributed by atoms with Gasteiger partial charge in [-0.2, -0.15) is 0 Å². The van der Waals surface area contributed by atoms with Crippen molar-refractivity contribution >= 4 is 11.8 Å². The van der Waals surface area contributed by atoms with Gasteiger partial charge in [-0.25, -0.2) is 4.39 Å². The summed E-state index contributed by atoms with van der Waals surface area (Å²) in [5, 5.41) is 2.36. The number of ether oxygens (including phenoxy) is 1. The summed E-state index contributed by atoms with van der Waals surface area (Å²) < 4.78 is 18.8. The average Bonchev–Trinajstić information content (AvgIpc) is 2.91. The zero-order chi connectivity index (χ0) is 14.1. The summed E-state index contributed by atoms with van der Waals surface area (Å²) in [5.74, 6) is -1.36. The Labute approximate surface area is 116 Å². The number of halogens is 1. The summed E-state index contributed by atoms with van der Waals surface area (Å²) in [6.45, 7) is 1.23. The Balaban J connectivity index is 1.94. The number of amides is 2. The largest absolute Gasteiger partial charge is 0.381 e. The Hall–Kier alpha value is -1.75. The lowest BCUT2D eigenvalue weighted by Crippen LogP contribution is -2.46. The highest BCUT2D eigenvalue weighted by Gasteiger charge is 2.42. The number of carbonyl (C=O) groups excluding carboxylic acids is 2. The van der Waals surface area contributed by atoms with Gasteiger partial charge in [0.05, 0.1) is 5.92 Å². The van der Waals surface area contributed by atoms with Crippen LogP contribution in [0.3, 0.4) is 0 Å². The van der Waals surface area contributed by atoms with Crippen LogP contribution in [0, 0.1) is 17.7 Å². The van der Waals surface area contributed by atoms with Crippen molar-refractivity contribution in [3.63, 3.8) is 0 Å². The molecule has 1 aromatic rings. The third-order valence-electron chi connectivity index (χ3n) is 4.17. The number of hydrogen-bond donors (Lipinski definition) is 1. The van der Waals surface area contributed by atoms with Crippen LogP contribution >= 0.6 is 0 Å². The van der Waals surface area contributed by atoms with E-state index in [1.54, 1.807) is 12.1 Å². The van der Waals surface area contributed by atoms with Crippen LogP contribution in [0.25, 0.3) is 0 Å². The van der Waals surface area contributed by atoms with Gasteiger partial charge >= 0.3 is 0 Å². The average molecular weight is 277 g/mol. The molecule has 2 aliphatic rings. The third kappa shape index (κ3) is 2.45. The van der Waals surface area contributed by atoms with Crippen molar-refractivity contribution in [1.82, 2.24) is 5.32 Å². The van der Waals surface area contributed by atoms with Gasteiger partial charge in [0, 0.05) is 19.6 Å². The Morgan fingerprint density at radius 1 is 1.30 bits per heavy atom. The lowest BCUT2D eigenvalue weighted by molar-refractivity contribution is -0.137. The lowest BCUT2D eigenvalue weighted by Gasteiger charge is -2.33. The van der Waals surface area contributed by atoms with Crippen LogP contribution in [0.1, 0.15) is 24.3 Å². The molecular formula is C15H16FNO3. The first-order chi connectivity index (χ1) is 9.65. The minimum absolute atomic E-state index is 0.111. The second-order valence-electron chi connectivity index (χ2n) is 5.44. The second-order valence-corrected chi connectivity index (χ2v) is 5.44. The fourth-order valence-electron chi connectivity index (χ4n) is 3.22. The molecule has 3 atom stereocenters. The molecule has 2 aliphatic heterocycles. The van der Waals surface area contributed by atoms with E-state index < -0.39 is 5.92 Å². The van der Waals surface area contributed by atoms with E-state index in [9.17, 15) is 14.0 Å². The molecule has 0 aliphatic carbocycles. The molecule has 0 spiro atoms. The normalized spacial score (nSPS) is 30.4. The van der Waals surface area contributed by atoms with Gasteiger partial charge in [-0.1, -0.05) is 12.1 Å². The topological polar surface area (TPSA) is 55.4 Å². The molecule has 106 valence electrons. The summed E-state index contributed by atoms with van der Waals surface area (Å²) in [7, 11) is 0. The van der Waals surface area contributed by atoms with Crippen LogP contribution in [0.15, 0.2) is 24.3 Å². The maximum absolute atomic E-state index is 13.4. The zero-order valence-corrected chi connectivity index (χ0v) is 11.0. The molecule has 1 aromatic carbocycles. The quantitative estimate of drug-likeness (QED) is 0.836. The zero-order valence-electron chi connectivity index (χ0n) is 11.0. The molecule has 2 amide bonds. The van der Waals surface area contributed by atoms with Gasteiger partial charge in [0.15, 0.2) is 0 Å². The first-order valence-corrected chi connectivity index (χ1v) is 6.82. The monoisotopic (exact) mass is 277 g/mol. The van der Waals surface area contributed by atoms with E-state index in [1.165, 1.54) is 12.1 Å². The molecule has 2 fully saturated rings. The predicted octanol–water partition coefficient (Wildman–Crippen LogP) is 1.61. The Kier molecular flexibility index (Phi) is 3.53. The van der Waals surface area contributed by atoms with Gasteiger partial charge in [0.1, 0.15) is 5.82 Å². The highest BCUT2D eigenvalue weighted by molar-refractivity contribution is 6.01. The van der Waals surface area contributed by atoms with Crippen LogP contribution in [0.4, 0.5) is 4.39 Å². The third-order valence-corrected chi connectivity index (χ3v) is 4.17. The highest BCUT2D eigenvalue weighted by atomic mass is 19.1. The standard InChI is InChI=1S/C15H16FNO3/c16-11-3-1-2-9(6-11)14-12(10-4-5-20-8-10)7-13(18)17-15(14)19/h1-3,6,10,12,14H,4-5,7-8H2,(H,17,18,19). The number of piperidine rings is 1. The summed E-state index contributed by atoms with van der Waals surface area (Å²) in [5.41, 5.74) is 0.631. The minimum Gasteiger partial charge on any atom is -0.381 e. The minimum atomic E-state index is -0.477. The molecule has 0 radical (unpaired) electrons. The molecule has 0 saturated carbocycles. The first kappa shape index (κ1) is 13.2. The van der Waals surface area contributed by atoms with Crippen molar-refractivity contribution in [2.75, 3.05) is 13.2 Å². The van der Waals surface area contributed by atoms with Crippen molar-refractivity contribution in [1.29, 1.82) is 0 Å². The van der Waals surface area contributed by atoms with Crippen LogP contribution in [-0.4, -0.2) is 25.0 Å². The van der Waals surface area contributed by atoms with Crippen molar-refractivity contribution in [2.24, 2.45) is 11.8 Å². The Morgan fingerprint density at radius 2 is 2.15 bits per heavy atom. The van der Waals surface area contributed by atoms with E-state index in [0.29, 0.717) is 25.2 Å². The highest BCUT2D eigenvalue weighted by Crippen LogP contribution is 2.39. The van der Waals surface area contributed by atoms with Gasteiger partial charge in [-0.05, 0) is 36.0 Å². The SMILES string of the molecule is O=C1CC(C2CCOC2)C(c2cccc(F)c2)C(=O)N1. The molecule has 0 aromatic heterocycles. The maximum Gasteiger partial charge on any atom is 0.234 e. The smallest absolute Gasteiger partial charge is 0.234 e. The molecule has 20 heavy (non-hydrogen) atoms. The van der Waals surface area contributed by atoms with Crippen LogP contribution in [-0.2, 0) is 14.3 Å². The molecule has 5 heteroatoms. The molecule has 4 nitrogen and oxygen atoms in total. The summed E-state index contributed by atoms with van der Waals surface area (Å²) in [6.07, 6.45) is 1.14. The van der Waals surface area contributed by atoms with E-state index in [2.05, 4.69) is 5.32 Å². The summed E-state index contributed by atoms with van der Waals surface area (Å²) in [6, 6.07) is 6.06. The van der Waals surface area contributed by atoms with Gasteiger partial charge < -0.3 is 4.74 Å². The molecule has 2 saturated heterocycles. The van der Waals surface area contributed by atoms with E-state index in [0.717, 1.165) is 6.42 Å². The van der Waals surface area contributed by atoms with E-state index >= 15 is 0 Å². The summed E-state index contributed by atoms with van der Waals surface area (Å²) >= 11 is 0. The molecule has 3 unspecified atom stereocenters. The van der Waals surface area contributed by atoms with Crippen molar-refractivity contribution in [3.05, 3.63) is 35.6 Å². The number of nitrogens with one attached hydrogen (secondary N) is 1. The molecule has 1 N–H and O–H groups in total. The molecule has 3 rings (SSSR count). The lowest BCUT2D eigenvalue weighted by atomic mass is 9.73. The van der Waals surface area contributed by atoms with Crippen LogP contribution in [0.2, 0.25) is 0 Å². The second kappa shape index (κ2) is 5.32. The van der Waals surface area contributed by atoms with E-state index in [4.69, 9.17) is 4.74 Å². The van der Waals surface area contributed by atoms with Crippen LogP contribution in [0.5, 0.6) is 0 Å². The van der Waals surface area contributed by atoms with Crippen molar-refractivity contribution in [2.45, 2.75) is 18.8 Å². The number of hydrogen-bond acceptors (Lipinski definition) is 3. The number of rotatable bonds is 2. The fraction of sp³-hybridized carbons (Fsp3) is 0.467. The summed E-state index contributed by atoms with van der Waals surface area (Å²) in [4.78, 5) is 23.8. The fourth-order valence-corrected chi connectivity index (χ4v) is 3.22. The van der Waals surface area contributed by atoms with Crippen molar-refractivity contribution in [3.8, 4) is 0 Å². The van der Waals surface area contributed by atoms with Gasteiger partial charge in [-0.3, -0.25) is 14.9 Å². The molecular weight excluding hydrogens is 261 g/mol. The first-order valence-electron chi connectivity index (χ1n) is 6.82. The van der Waals surface area contributed by atoms with Gasteiger partial charge in [-0.15, -0.1) is 0 Å². The Bertz CT molecular complexity index is 540. The molecule has 0 bridgehead atoms. The van der Waals surface area contributed by atoms with Gasteiger partial charge in [0.2, 0.25) is 11.8 Å². The Morgan fingerprint density at radius 3 is 2.85 bits per heavy atom. The number of carbonyl (C=O) groups is 2. The molecule has 2 heterocycles. The van der Waals surface area contributed by atoms with E-state index in [-0.39, 0.29) is 29.5 Å². The van der Waals surface area contributed by atoms with Gasteiger partial charge in [0.25, 0.3) is 0 Å². The number of benzene rings is 1. The number of imide groups is 1. The maximum atomic E-state index is 13.4. The van der Waals surface area contributed by atoms with Crippen LogP contribution < -0.4 is 5.32 Å². The van der Waals surface area contributed by atoms with E-state index in [1.807, 2.05) is 0 Å². The predicted molar refractivity (Wildman–Crippen MR) is 69.3 cm³/mol. The van der Waals surface area contributed by atoms with Crippen molar-refractivity contribution < 1.29 is 18.7 Å².